The first kappa shape index (κ1) is 22.0. The average molecular weight is 447 g/mol. The number of para-hydroxylation sites is 1. The molecule has 2 heterocycles. The van der Waals surface area contributed by atoms with Crippen LogP contribution in [0.1, 0.15) is 26.5 Å². The maximum atomic E-state index is 12.7. The van der Waals surface area contributed by atoms with Crippen LogP contribution in [0.5, 0.6) is 0 Å². The predicted molar refractivity (Wildman–Crippen MR) is 118 cm³/mol. The molecular formula is C20H22N4O4S2. The maximum Gasteiger partial charge on any atom is 0.311 e. The molecule has 0 aliphatic heterocycles. The predicted octanol–water partition coefficient (Wildman–Crippen LogP) is 3.10. The minimum Gasteiger partial charge on any atom is -0.466 e. The van der Waals surface area contributed by atoms with E-state index in [1.807, 2.05) is 13.0 Å². The zero-order valence-electron chi connectivity index (χ0n) is 16.9. The van der Waals surface area contributed by atoms with Gasteiger partial charge in [0.05, 0.1) is 34.9 Å². The Kier molecular flexibility index (Phi) is 7.22. The number of nitrogens with zero attached hydrogens (tertiary/aromatic N) is 3. The molecule has 2 aromatic heterocycles. The summed E-state index contributed by atoms with van der Waals surface area (Å²) in [7, 11) is 0. The number of hydrogen-bond acceptors (Lipinski definition) is 8. The first-order chi connectivity index (χ1) is 14.4. The van der Waals surface area contributed by atoms with Crippen LogP contribution in [0.3, 0.4) is 0 Å². The molecule has 158 valence electrons. The van der Waals surface area contributed by atoms with Crippen molar-refractivity contribution < 1.29 is 14.3 Å². The molecule has 0 radical (unpaired) electrons. The second-order valence-corrected chi connectivity index (χ2v) is 8.50. The van der Waals surface area contributed by atoms with E-state index in [9.17, 15) is 14.4 Å². The first-order valence-electron chi connectivity index (χ1n) is 9.50. The lowest BCUT2D eigenvalue weighted by Crippen LogP contribution is -2.26. The summed E-state index contributed by atoms with van der Waals surface area (Å²) in [5.74, 6) is -0.619. The van der Waals surface area contributed by atoms with Gasteiger partial charge in [0.2, 0.25) is 5.91 Å². The van der Waals surface area contributed by atoms with E-state index in [-0.39, 0.29) is 23.9 Å². The van der Waals surface area contributed by atoms with Gasteiger partial charge in [0, 0.05) is 11.9 Å². The van der Waals surface area contributed by atoms with Gasteiger partial charge in [0.15, 0.2) is 10.3 Å². The molecule has 0 saturated heterocycles. The molecule has 1 unspecified atom stereocenters. The highest BCUT2D eigenvalue weighted by Crippen LogP contribution is 2.24. The Morgan fingerprint density at radius 3 is 2.77 bits per heavy atom. The van der Waals surface area contributed by atoms with Gasteiger partial charge in [0.25, 0.3) is 5.56 Å². The lowest BCUT2D eigenvalue weighted by Gasteiger charge is -2.14. The number of aromatic nitrogens is 3. The van der Waals surface area contributed by atoms with Crippen LogP contribution in [0, 0.1) is 0 Å². The van der Waals surface area contributed by atoms with Crippen LogP contribution in [-0.2, 0) is 27.3 Å². The fraction of sp³-hybridized carbons (Fsp3) is 0.350. The van der Waals surface area contributed by atoms with E-state index >= 15 is 0 Å². The quantitative estimate of drug-likeness (QED) is 0.322. The Balaban J connectivity index is 1.71. The van der Waals surface area contributed by atoms with Gasteiger partial charge in [-0.2, -0.15) is 0 Å². The summed E-state index contributed by atoms with van der Waals surface area (Å²) in [6, 6.07) is 7.16. The van der Waals surface area contributed by atoms with E-state index in [1.165, 1.54) is 23.1 Å². The van der Waals surface area contributed by atoms with Crippen molar-refractivity contribution in [2.45, 2.75) is 44.1 Å². The third-order valence-electron chi connectivity index (χ3n) is 4.21. The minimum atomic E-state index is -0.506. The molecule has 0 spiro atoms. The summed E-state index contributed by atoms with van der Waals surface area (Å²) in [6.45, 7) is 6.12. The van der Waals surface area contributed by atoms with E-state index < -0.39 is 5.25 Å². The summed E-state index contributed by atoms with van der Waals surface area (Å²) in [5, 5.41) is 5.42. The third-order valence-corrected chi connectivity index (χ3v) is 6.10. The number of fused-ring (bicyclic) bond motifs is 1. The molecule has 3 aromatic rings. The zero-order chi connectivity index (χ0) is 21.7. The van der Waals surface area contributed by atoms with Gasteiger partial charge in [0.1, 0.15) is 0 Å². The largest absolute Gasteiger partial charge is 0.466 e. The van der Waals surface area contributed by atoms with Crippen LogP contribution in [0.4, 0.5) is 5.13 Å². The molecule has 1 amide bonds. The summed E-state index contributed by atoms with van der Waals surface area (Å²) in [5.41, 5.74) is 1.03. The Hall–Kier alpha value is -2.72. The molecular weight excluding hydrogens is 424 g/mol. The number of carbonyl (C=O) groups is 2. The lowest BCUT2D eigenvalue weighted by atomic mass is 10.2. The lowest BCUT2D eigenvalue weighted by molar-refractivity contribution is -0.142. The van der Waals surface area contributed by atoms with E-state index in [1.54, 1.807) is 42.0 Å². The van der Waals surface area contributed by atoms with Crippen molar-refractivity contribution in [1.82, 2.24) is 14.5 Å². The van der Waals surface area contributed by atoms with E-state index in [0.717, 1.165) is 0 Å². The van der Waals surface area contributed by atoms with Crippen molar-refractivity contribution in [2.24, 2.45) is 0 Å². The van der Waals surface area contributed by atoms with Gasteiger partial charge >= 0.3 is 5.97 Å². The second kappa shape index (κ2) is 9.86. The number of carbonyl (C=O) groups excluding carboxylic acids is 2. The Labute approximate surface area is 181 Å². The van der Waals surface area contributed by atoms with E-state index in [4.69, 9.17) is 4.74 Å². The van der Waals surface area contributed by atoms with Crippen molar-refractivity contribution in [3.63, 3.8) is 0 Å². The highest BCUT2D eigenvalue weighted by molar-refractivity contribution is 8.00. The maximum absolute atomic E-state index is 12.7. The first-order valence-corrected chi connectivity index (χ1v) is 11.3. The standard InChI is InChI=1S/C20H22N4O4S2/c1-4-24-18(27)14-8-6-7-9-15(14)22-20(24)30-12(3)17(26)23-19-21-13(11-29-19)10-16(25)28-5-2/h6-9,11-12H,4-5,10H2,1-3H3,(H,21,23,26). The molecule has 0 aliphatic rings. The third kappa shape index (κ3) is 5.06. The van der Waals surface area contributed by atoms with Gasteiger partial charge in [-0.1, -0.05) is 23.9 Å². The topological polar surface area (TPSA) is 103 Å². The Bertz CT molecular complexity index is 1130. The van der Waals surface area contributed by atoms with E-state index in [0.29, 0.717) is 40.0 Å². The zero-order valence-corrected chi connectivity index (χ0v) is 18.5. The Morgan fingerprint density at radius 2 is 2.03 bits per heavy atom. The Morgan fingerprint density at radius 1 is 1.27 bits per heavy atom. The van der Waals surface area contributed by atoms with Gasteiger partial charge in [-0.25, -0.2) is 9.97 Å². The number of benzene rings is 1. The molecule has 0 bridgehead atoms. The number of ether oxygens (including phenoxy) is 1. The summed E-state index contributed by atoms with van der Waals surface area (Å²) >= 11 is 2.46. The SMILES string of the molecule is CCOC(=O)Cc1csc(NC(=O)C(C)Sc2nc3ccccc3c(=O)n2CC)n1. The fourth-order valence-corrected chi connectivity index (χ4v) is 4.43. The van der Waals surface area contributed by atoms with Gasteiger partial charge in [-0.3, -0.25) is 19.0 Å². The summed E-state index contributed by atoms with van der Waals surface area (Å²) in [4.78, 5) is 45.7. The van der Waals surface area contributed by atoms with Crippen LogP contribution < -0.4 is 10.9 Å². The number of esters is 1. The number of rotatable bonds is 8. The highest BCUT2D eigenvalue weighted by atomic mass is 32.2. The molecule has 0 fully saturated rings. The van der Waals surface area contributed by atoms with Crippen LogP contribution in [0.15, 0.2) is 39.6 Å². The number of thioether (sulfide) groups is 1. The molecule has 10 heteroatoms. The normalized spacial score (nSPS) is 12.0. The number of hydrogen-bond donors (Lipinski definition) is 1. The highest BCUT2D eigenvalue weighted by Gasteiger charge is 2.20. The summed E-state index contributed by atoms with van der Waals surface area (Å²) in [6.07, 6.45) is 0.0638. The molecule has 3 rings (SSSR count). The molecule has 1 N–H and O–H groups in total. The number of amides is 1. The molecule has 1 atom stereocenters. The second-order valence-electron chi connectivity index (χ2n) is 6.34. The van der Waals surface area contributed by atoms with Crippen molar-refractivity contribution in [2.75, 3.05) is 11.9 Å². The van der Waals surface area contributed by atoms with Gasteiger partial charge in [-0.15, -0.1) is 11.3 Å². The van der Waals surface area contributed by atoms with Gasteiger partial charge < -0.3 is 10.1 Å². The van der Waals surface area contributed by atoms with E-state index in [2.05, 4.69) is 15.3 Å². The molecule has 1 aromatic carbocycles. The fourth-order valence-electron chi connectivity index (χ4n) is 2.74. The van der Waals surface area contributed by atoms with Crippen LogP contribution in [0.2, 0.25) is 0 Å². The van der Waals surface area contributed by atoms with Crippen molar-refractivity contribution in [3.8, 4) is 0 Å². The molecule has 8 nitrogen and oxygen atoms in total. The van der Waals surface area contributed by atoms with Crippen molar-refractivity contribution >= 4 is 51.0 Å². The molecule has 0 aliphatic carbocycles. The summed E-state index contributed by atoms with van der Waals surface area (Å²) < 4.78 is 6.47. The van der Waals surface area contributed by atoms with Crippen LogP contribution >= 0.6 is 23.1 Å². The van der Waals surface area contributed by atoms with Crippen molar-refractivity contribution in [3.05, 3.63) is 45.7 Å². The van der Waals surface area contributed by atoms with Gasteiger partial charge in [-0.05, 0) is 32.9 Å². The van der Waals surface area contributed by atoms with Crippen LogP contribution in [-0.4, -0.2) is 38.3 Å². The smallest absolute Gasteiger partial charge is 0.311 e. The van der Waals surface area contributed by atoms with Crippen molar-refractivity contribution in [1.29, 1.82) is 0 Å². The molecule has 0 saturated carbocycles. The minimum absolute atomic E-state index is 0.0638. The number of anilines is 1. The average Bonchev–Trinajstić information content (AvgIpc) is 3.15. The number of thiazole rings is 1. The number of nitrogens with one attached hydrogen (secondary N) is 1. The van der Waals surface area contributed by atoms with Crippen LogP contribution in [0.25, 0.3) is 10.9 Å². The molecule has 30 heavy (non-hydrogen) atoms. The monoisotopic (exact) mass is 446 g/mol.